The number of anilines is 1. The minimum absolute atomic E-state index is 0.388. The molecule has 29 heavy (non-hydrogen) atoms. The van der Waals surface area contributed by atoms with E-state index in [1.807, 2.05) is 18.2 Å². The number of piperidine rings is 1. The molecule has 0 unspecified atom stereocenters. The predicted octanol–water partition coefficient (Wildman–Crippen LogP) is 3.86. The Morgan fingerprint density at radius 2 is 1.79 bits per heavy atom. The van der Waals surface area contributed by atoms with E-state index in [2.05, 4.69) is 50.7 Å². The van der Waals surface area contributed by atoms with E-state index in [9.17, 15) is 0 Å². The van der Waals surface area contributed by atoms with Gasteiger partial charge in [-0.25, -0.2) is 0 Å². The molecule has 0 saturated carbocycles. The van der Waals surface area contributed by atoms with Gasteiger partial charge in [-0.3, -0.25) is 4.90 Å². The van der Waals surface area contributed by atoms with Crippen molar-refractivity contribution in [3.8, 4) is 5.75 Å². The molecule has 0 atom stereocenters. The van der Waals surface area contributed by atoms with Crippen LogP contribution in [0.15, 0.2) is 48.5 Å². The van der Waals surface area contributed by atoms with Crippen molar-refractivity contribution >= 4 is 16.6 Å². The molecule has 6 heteroatoms. The normalized spacial score (nSPS) is 15.5. The summed E-state index contributed by atoms with van der Waals surface area (Å²) >= 11 is 0. The van der Waals surface area contributed by atoms with Gasteiger partial charge in [-0.1, -0.05) is 30.3 Å². The van der Waals surface area contributed by atoms with Gasteiger partial charge in [0, 0.05) is 43.6 Å². The van der Waals surface area contributed by atoms with Gasteiger partial charge in [-0.2, -0.15) is 5.10 Å². The largest absolute Gasteiger partial charge is 0.497 e. The van der Waals surface area contributed by atoms with E-state index >= 15 is 0 Å². The molecule has 4 rings (SSSR count). The standard InChI is InChI=1S/C23H28N4O2/c1-28-16-22-20-9-8-19(29-2)14-21(20)23(26-25-22)24-18-10-12-27(13-11-18)15-17-6-4-3-5-7-17/h3-9,14,18H,10-13,15-16H2,1-2H3,(H,24,26). The first-order valence-electron chi connectivity index (χ1n) is 10.1. The highest BCUT2D eigenvalue weighted by Gasteiger charge is 2.21. The quantitative estimate of drug-likeness (QED) is 0.659. The Kier molecular flexibility index (Phi) is 6.22. The summed E-state index contributed by atoms with van der Waals surface area (Å²) in [6.45, 7) is 3.60. The molecule has 2 aromatic carbocycles. The molecule has 1 fully saturated rings. The van der Waals surface area contributed by atoms with Crippen molar-refractivity contribution in [3.05, 3.63) is 59.8 Å². The highest BCUT2D eigenvalue weighted by molar-refractivity contribution is 5.94. The third-order valence-corrected chi connectivity index (χ3v) is 5.52. The number of ether oxygens (including phenoxy) is 2. The number of benzene rings is 2. The van der Waals surface area contributed by atoms with Gasteiger partial charge in [0.2, 0.25) is 0 Å². The Morgan fingerprint density at radius 1 is 1.00 bits per heavy atom. The summed E-state index contributed by atoms with van der Waals surface area (Å²) in [5, 5.41) is 14.6. The maximum Gasteiger partial charge on any atom is 0.156 e. The van der Waals surface area contributed by atoms with Crippen LogP contribution in [0.1, 0.15) is 24.1 Å². The first-order valence-corrected chi connectivity index (χ1v) is 10.1. The summed E-state index contributed by atoms with van der Waals surface area (Å²) in [5.41, 5.74) is 2.21. The smallest absolute Gasteiger partial charge is 0.156 e. The number of methoxy groups -OCH3 is 2. The molecule has 6 nitrogen and oxygen atoms in total. The number of nitrogens with zero attached hydrogens (tertiary/aromatic N) is 3. The monoisotopic (exact) mass is 392 g/mol. The maximum absolute atomic E-state index is 5.42. The highest BCUT2D eigenvalue weighted by atomic mass is 16.5. The van der Waals surface area contributed by atoms with Crippen molar-refractivity contribution < 1.29 is 9.47 Å². The van der Waals surface area contributed by atoms with Gasteiger partial charge in [0.25, 0.3) is 0 Å². The number of likely N-dealkylation sites (tertiary alicyclic amines) is 1. The molecule has 0 bridgehead atoms. The SMILES string of the molecule is COCc1nnc(NC2CCN(Cc3ccccc3)CC2)c2cc(OC)ccc12. The second-order valence-electron chi connectivity index (χ2n) is 7.52. The van der Waals surface area contributed by atoms with E-state index in [-0.39, 0.29) is 0 Å². The Balaban J connectivity index is 1.46. The lowest BCUT2D eigenvalue weighted by Crippen LogP contribution is -2.38. The fraction of sp³-hybridized carbons (Fsp3) is 0.391. The van der Waals surface area contributed by atoms with Crippen molar-refractivity contribution in [1.29, 1.82) is 0 Å². The topological polar surface area (TPSA) is 59.5 Å². The van der Waals surface area contributed by atoms with Crippen LogP contribution in [0.25, 0.3) is 10.8 Å². The molecule has 1 aromatic heterocycles. The number of fused-ring (bicyclic) bond motifs is 1. The lowest BCUT2D eigenvalue weighted by atomic mass is 10.0. The van der Waals surface area contributed by atoms with Crippen LogP contribution in [0.3, 0.4) is 0 Å². The van der Waals surface area contributed by atoms with Crippen LogP contribution in [0.2, 0.25) is 0 Å². The van der Waals surface area contributed by atoms with E-state index in [0.717, 1.165) is 60.5 Å². The van der Waals surface area contributed by atoms with Crippen molar-refractivity contribution in [2.24, 2.45) is 0 Å². The average molecular weight is 393 g/mol. The number of aromatic nitrogens is 2. The molecule has 3 aromatic rings. The minimum atomic E-state index is 0.388. The highest BCUT2D eigenvalue weighted by Crippen LogP contribution is 2.29. The van der Waals surface area contributed by atoms with Crippen LogP contribution in [-0.2, 0) is 17.9 Å². The zero-order chi connectivity index (χ0) is 20.1. The molecule has 1 aliphatic heterocycles. The van der Waals surface area contributed by atoms with Gasteiger partial charge in [-0.15, -0.1) is 5.10 Å². The Hall–Kier alpha value is -2.70. The fourth-order valence-electron chi connectivity index (χ4n) is 3.94. The predicted molar refractivity (Wildman–Crippen MR) is 115 cm³/mol. The van der Waals surface area contributed by atoms with Crippen molar-refractivity contribution in [1.82, 2.24) is 15.1 Å². The van der Waals surface area contributed by atoms with Crippen molar-refractivity contribution in [3.63, 3.8) is 0 Å². The van der Waals surface area contributed by atoms with E-state index in [4.69, 9.17) is 9.47 Å². The molecule has 0 spiro atoms. The van der Waals surface area contributed by atoms with Gasteiger partial charge in [-0.05, 0) is 36.6 Å². The third-order valence-electron chi connectivity index (χ3n) is 5.52. The van der Waals surface area contributed by atoms with Crippen molar-refractivity contribution in [2.75, 3.05) is 32.6 Å². The molecule has 0 radical (unpaired) electrons. The van der Waals surface area contributed by atoms with Gasteiger partial charge >= 0.3 is 0 Å². The molecule has 1 saturated heterocycles. The molecule has 0 aliphatic carbocycles. The van der Waals surface area contributed by atoms with Gasteiger partial charge < -0.3 is 14.8 Å². The summed E-state index contributed by atoms with van der Waals surface area (Å²) < 4.78 is 10.7. The summed E-state index contributed by atoms with van der Waals surface area (Å²) in [4.78, 5) is 2.52. The van der Waals surface area contributed by atoms with Gasteiger partial charge in [0.1, 0.15) is 5.75 Å². The zero-order valence-electron chi connectivity index (χ0n) is 17.1. The Labute approximate surface area is 171 Å². The van der Waals surface area contributed by atoms with E-state index in [1.54, 1.807) is 14.2 Å². The lowest BCUT2D eigenvalue weighted by molar-refractivity contribution is 0.182. The molecule has 0 amide bonds. The molecular formula is C23H28N4O2. The zero-order valence-corrected chi connectivity index (χ0v) is 17.1. The van der Waals surface area contributed by atoms with E-state index in [1.165, 1.54) is 5.56 Å². The van der Waals surface area contributed by atoms with Crippen LogP contribution in [0.5, 0.6) is 5.75 Å². The average Bonchev–Trinajstić information content (AvgIpc) is 2.77. The Bertz CT molecular complexity index is 940. The Morgan fingerprint density at radius 3 is 2.52 bits per heavy atom. The molecular weight excluding hydrogens is 364 g/mol. The van der Waals surface area contributed by atoms with E-state index < -0.39 is 0 Å². The number of rotatable bonds is 7. The van der Waals surface area contributed by atoms with Crippen LogP contribution in [-0.4, -0.2) is 48.4 Å². The maximum atomic E-state index is 5.42. The first-order chi connectivity index (χ1) is 14.3. The van der Waals surface area contributed by atoms with Crippen molar-refractivity contribution in [2.45, 2.75) is 32.0 Å². The number of hydrogen-bond acceptors (Lipinski definition) is 6. The number of hydrogen-bond donors (Lipinski definition) is 1. The van der Waals surface area contributed by atoms with E-state index in [0.29, 0.717) is 12.6 Å². The van der Waals surface area contributed by atoms with Crippen LogP contribution in [0, 0.1) is 0 Å². The summed E-state index contributed by atoms with van der Waals surface area (Å²) in [6.07, 6.45) is 2.17. The van der Waals surface area contributed by atoms with Gasteiger partial charge in [0.05, 0.1) is 19.4 Å². The second kappa shape index (κ2) is 9.20. The molecule has 152 valence electrons. The summed E-state index contributed by atoms with van der Waals surface area (Å²) in [6, 6.07) is 17.1. The molecule has 1 N–H and O–H groups in total. The van der Waals surface area contributed by atoms with Crippen LogP contribution in [0.4, 0.5) is 5.82 Å². The fourth-order valence-corrected chi connectivity index (χ4v) is 3.94. The van der Waals surface area contributed by atoms with Crippen LogP contribution >= 0.6 is 0 Å². The van der Waals surface area contributed by atoms with Gasteiger partial charge in [0.15, 0.2) is 5.82 Å². The minimum Gasteiger partial charge on any atom is -0.497 e. The number of nitrogens with one attached hydrogen (secondary N) is 1. The van der Waals surface area contributed by atoms with Crippen LogP contribution < -0.4 is 10.1 Å². The molecule has 2 heterocycles. The lowest BCUT2D eigenvalue weighted by Gasteiger charge is -2.32. The summed E-state index contributed by atoms with van der Waals surface area (Å²) in [7, 11) is 3.35. The summed E-state index contributed by atoms with van der Waals surface area (Å²) in [5.74, 6) is 1.63. The second-order valence-corrected chi connectivity index (χ2v) is 7.52. The molecule has 1 aliphatic rings. The first kappa shape index (κ1) is 19.6. The third kappa shape index (κ3) is 4.66.